The summed E-state index contributed by atoms with van der Waals surface area (Å²) in [4.78, 5) is 14.2. The van der Waals surface area contributed by atoms with Crippen molar-refractivity contribution in [3.63, 3.8) is 0 Å². The minimum Gasteiger partial charge on any atom is -0.455 e. The number of halogens is 1. The summed E-state index contributed by atoms with van der Waals surface area (Å²) >= 11 is 5.67. The Morgan fingerprint density at radius 1 is 1.22 bits per heavy atom. The van der Waals surface area contributed by atoms with E-state index >= 15 is 0 Å². The summed E-state index contributed by atoms with van der Waals surface area (Å²) in [6, 6.07) is 3.46. The zero-order chi connectivity index (χ0) is 13.7. The molecular weight excluding hydrogens is 250 g/mol. The van der Waals surface area contributed by atoms with Crippen LogP contribution < -0.4 is 0 Å². The van der Waals surface area contributed by atoms with Crippen molar-refractivity contribution in [2.45, 2.75) is 33.6 Å². The number of hydrogen-bond acceptors (Lipinski definition) is 2. The molecule has 18 heavy (non-hydrogen) atoms. The molecule has 1 aromatic rings. The third-order valence-electron chi connectivity index (χ3n) is 2.46. The van der Waals surface area contributed by atoms with Crippen LogP contribution >= 0.6 is 11.6 Å². The minimum absolute atomic E-state index is 0.0474. The molecule has 0 aliphatic heterocycles. The Morgan fingerprint density at radius 3 is 2.17 bits per heavy atom. The molecule has 0 saturated heterocycles. The lowest BCUT2D eigenvalue weighted by Crippen LogP contribution is -2.36. The predicted molar refractivity (Wildman–Crippen MR) is 73.8 cm³/mol. The van der Waals surface area contributed by atoms with Crippen LogP contribution in [0.3, 0.4) is 0 Å². The zero-order valence-electron chi connectivity index (χ0n) is 11.6. The maximum atomic E-state index is 12.3. The number of amides is 1. The molecule has 1 heterocycles. The van der Waals surface area contributed by atoms with Crippen molar-refractivity contribution in [3.8, 4) is 0 Å². The third-order valence-corrected chi connectivity index (χ3v) is 2.73. The molecule has 0 aliphatic rings. The van der Waals surface area contributed by atoms with Crippen LogP contribution in [0.1, 0.15) is 44.0 Å². The van der Waals surface area contributed by atoms with Crippen LogP contribution in [0.4, 0.5) is 0 Å². The van der Waals surface area contributed by atoms with Crippen molar-refractivity contribution in [2.75, 3.05) is 13.1 Å². The van der Waals surface area contributed by atoms with Crippen LogP contribution in [0.15, 0.2) is 16.5 Å². The maximum Gasteiger partial charge on any atom is 0.289 e. The van der Waals surface area contributed by atoms with Gasteiger partial charge in [0.2, 0.25) is 0 Å². The van der Waals surface area contributed by atoms with Crippen LogP contribution in [0.2, 0.25) is 0 Å². The molecule has 0 atom stereocenters. The molecule has 0 radical (unpaired) electrons. The molecule has 1 aromatic heterocycles. The smallest absolute Gasteiger partial charge is 0.289 e. The SMILES string of the molecule is CC(C)CN(CC(C)C)C(=O)c1ccc(CCl)o1. The van der Waals surface area contributed by atoms with E-state index in [-0.39, 0.29) is 5.91 Å². The zero-order valence-corrected chi connectivity index (χ0v) is 12.3. The highest BCUT2D eigenvalue weighted by molar-refractivity contribution is 6.16. The Kier molecular flexibility index (Phi) is 5.73. The lowest BCUT2D eigenvalue weighted by atomic mass is 10.1. The van der Waals surface area contributed by atoms with Gasteiger partial charge in [-0.2, -0.15) is 0 Å². The molecule has 0 unspecified atom stereocenters. The molecule has 0 fully saturated rings. The molecular formula is C14H22ClNO2. The van der Waals surface area contributed by atoms with Crippen LogP contribution in [0.5, 0.6) is 0 Å². The average molecular weight is 272 g/mol. The Labute approximate surface area is 114 Å². The number of furan rings is 1. The number of alkyl halides is 1. The normalized spacial score (nSPS) is 11.3. The van der Waals surface area contributed by atoms with E-state index in [2.05, 4.69) is 27.7 Å². The minimum atomic E-state index is -0.0474. The van der Waals surface area contributed by atoms with Gasteiger partial charge in [0.25, 0.3) is 5.91 Å². The fraction of sp³-hybridized carbons (Fsp3) is 0.643. The molecule has 0 bridgehead atoms. The van der Waals surface area contributed by atoms with Gasteiger partial charge in [0.1, 0.15) is 5.76 Å². The molecule has 102 valence electrons. The van der Waals surface area contributed by atoms with Gasteiger partial charge in [0.15, 0.2) is 5.76 Å². The van der Waals surface area contributed by atoms with Gasteiger partial charge in [-0.1, -0.05) is 27.7 Å². The van der Waals surface area contributed by atoms with Gasteiger partial charge in [-0.15, -0.1) is 11.6 Å². The summed E-state index contributed by atoms with van der Waals surface area (Å²) in [5.74, 6) is 2.14. The highest BCUT2D eigenvalue weighted by Gasteiger charge is 2.20. The first-order chi connectivity index (χ1) is 8.43. The van der Waals surface area contributed by atoms with Gasteiger partial charge in [-0.25, -0.2) is 0 Å². The van der Waals surface area contributed by atoms with E-state index in [1.165, 1.54) is 0 Å². The topological polar surface area (TPSA) is 33.5 Å². The number of carbonyl (C=O) groups excluding carboxylic acids is 1. The molecule has 0 aromatic carbocycles. The van der Waals surface area contributed by atoms with Gasteiger partial charge in [0, 0.05) is 13.1 Å². The number of nitrogens with zero attached hydrogens (tertiary/aromatic N) is 1. The van der Waals surface area contributed by atoms with Crippen molar-refractivity contribution < 1.29 is 9.21 Å². The van der Waals surface area contributed by atoms with Crippen molar-refractivity contribution in [3.05, 3.63) is 23.7 Å². The Hall–Kier alpha value is -0.960. The highest BCUT2D eigenvalue weighted by atomic mass is 35.5. The van der Waals surface area contributed by atoms with Crippen molar-refractivity contribution in [1.29, 1.82) is 0 Å². The first-order valence-electron chi connectivity index (χ1n) is 6.38. The molecule has 3 nitrogen and oxygen atoms in total. The van der Waals surface area contributed by atoms with E-state index in [9.17, 15) is 4.79 Å². The highest BCUT2D eigenvalue weighted by Crippen LogP contribution is 2.14. The maximum absolute atomic E-state index is 12.3. The van der Waals surface area contributed by atoms with Gasteiger partial charge in [-0.05, 0) is 24.0 Å². The second-order valence-electron chi connectivity index (χ2n) is 5.40. The summed E-state index contributed by atoms with van der Waals surface area (Å²) in [5, 5.41) is 0. The van der Waals surface area contributed by atoms with E-state index in [1.807, 2.05) is 4.90 Å². The molecule has 1 amide bonds. The quantitative estimate of drug-likeness (QED) is 0.738. The van der Waals surface area contributed by atoms with Crippen LogP contribution in [0.25, 0.3) is 0 Å². The van der Waals surface area contributed by atoms with Gasteiger partial charge in [0.05, 0.1) is 5.88 Å². The van der Waals surface area contributed by atoms with Crippen molar-refractivity contribution in [1.82, 2.24) is 4.90 Å². The average Bonchev–Trinajstić information content (AvgIpc) is 2.74. The van der Waals surface area contributed by atoms with Gasteiger partial charge in [-0.3, -0.25) is 4.79 Å². The molecule has 4 heteroatoms. The summed E-state index contributed by atoms with van der Waals surface area (Å²) in [6.45, 7) is 9.90. The number of hydrogen-bond donors (Lipinski definition) is 0. The summed E-state index contributed by atoms with van der Waals surface area (Å²) in [6.07, 6.45) is 0. The second kappa shape index (κ2) is 6.83. The van der Waals surface area contributed by atoms with Crippen LogP contribution in [0, 0.1) is 11.8 Å². The Morgan fingerprint density at radius 2 is 1.78 bits per heavy atom. The van der Waals surface area contributed by atoms with Crippen molar-refractivity contribution >= 4 is 17.5 Å². The largest absolute Gasteiger partial charge is 0.455 e. The summed E-state index contributed by atoms with van der Waals surface area (Å²) in [5.41, 5.74) is 0. The third kappa shape index (κ3) is 4.37. The molecule has 1 rings (SSSR count). The van der Waals surface area contributed by atoms with Crippen molar-refractivity contribution in [2.24, 2.45) is 11.8 Å². The number of carbonyl (C=O) groups is 1. The fourth-order valence-electron chi connectivity index (χ4n) is 1.84. The first-order valence-corrected chi connectivity index (χ1v) is 6.91. The van der Waals surface area contributed by atoms with E-state index in [1.54, 1.807) is 12.1 Å². The van der Waals surface area contributed by atoms with E-state index in [4.69, 9.17) is 16.0 Å². The standard InChI is InChI=1S/C14H22ClNO2/c1-10(2)8-16(9-11(3)4)14(17)13-6-5-12(7-15)18-13/h5-6,10-11H,7-9H2,1-4H3. The lowest BCUT2D eigenvalue weighted by molar-refractivity contribution is 0.0681. The summed E-state index contributed by atoms with van der Waals surface area (Å²) < 4.78 is 5.42. The molecule has 0 aliphatic carbocycles. The Balaban J connectivity index is 2.80. The number of rotatable bonds is 6. The van der Waals surface area contributed by atoms with E-state index < -0.39 is 0 Å². The molecule has 0 saturated carbocycles. The van der Waals surface area contributed by atoms with Crippen LogP contribution in [-0.2, 0) is 5.88 Å². The second-order valence-corrected chi connectivity index (χ2v) is 5.66. The van der Waals surface area contributed by atoms with E-state index in [0.717, 1.165) is 13.1 Å². The first kappa shape index (κ1) is 15.1. The molecule has 0 spiro atoms. The summed E-state index contributed by atoms with van der Waals surface area (Å²) in [7, 11) is 0. The monoisotopic (exact) mass is 271 g/mol. The van der Waals surface area contributed by atoms with Crippen LogP contribution in [-0.4, -0.2) is 23.9 Å². The van der Waals surface area contributed by atoms with Gasteiger partial charge >= 0.3 is 0 Å². The Bertz CT molecular complexity index is 375. The lowest BCUT2D eigenvalue weighted by Gasteiger charge is -2.25. The fourth-order valence-corrected chi connectivity index (χ4v) is 1.99. The predicted octanol–water partition coefficient (Wildman–Crippen LogP) is 3.77. The van der Waals surface area contributed by atoms with Gasteiger partial charge < -0.3 is 9.32 Å². The van der Waals surface area contributed by atoms with E-state index in [0.29, 0.717) is 29.2 Å². The molecule has 0 N–H and O–H groups in total.